The molecule has 0 unspecified atom stereocenters. The third kappa shape index (κ3) is 7.65. The molecule has 0 saturated carbocycles. The predicted molar refractivity (Wildman–Crippen MR) is 133 cm³/mol. The Morgan fingerprint density at radius 2 is 1.83 bits per heavy atom. The maximum absolute atomic E-state index is 14.3. The Labute approximate surface area is 211 Å². The van der Waals surface area contributed by atoms with Crippen molar-refractivity contribution in [2.45, 2.75) is 64.8 Å². The van der Waals surface area contributed by atoms with Gasteiger partial charge in [0.05, 0.1) is 6.54 Å². The van der Waals surface area contributed by atoms with Crippen LogP contribution in [0, 0.1) is 11.6 Å². The molecule has 2 amide bonds. The molecule has 1 saturated heterocycles. The molecule has 1 fully saturated rings. The van der Waals surface area contributed by atoms with Crippen molar-refractivity contribution < 1.29 is 28.2 Å². The molecule has 2 aromatic rings. The number of rotatable bonds is 5. The fraction of sp³-hybridized carbons (Fsp3) is 0.481. The monoisotopic (exact) mass is 503 g/mol. The maximum Gasteiger partial charge on any atom is 0.318 e. The zero-order valence-corrected chi connectivity index (χ0v) is 21.3. The maximum atomic E-state index is 14.3. The number of carboxylic acids is 1. The van der Waals surface area contributed by atoms with Crippen molar-refractivity contribution >= 4 is 12.0 Å². The molecule has 36 heavy (non-hydrogen) atoms. The zero-order valence-electron chi connectivity index (χ0n) is 21.3. The molecule has 2 aromatic carbocycles. The van der Waals surface area contributed by atoms with E-state index in [4.69, 9.17) is 14.6 Å². The number of urea groups is 1. The Hall–Kier alpha value is -3.20. The lowest BCUT2D eigenvalue weighted by atomic mass is 10.0. The van der Waals surface area contributed by atoms with Gasteiger partial charge in [0, 0.05) is 37.6 Å². The number of aliphatic carboxylic acids is 1. The van der Waals surface area contributed by atoms with E-state index in [2.05, 4.69) is 31.1 Å². The van der Waals surface area contributed by atoms with Gasteiger partial charge in [0.2, 0.25) is 0 Å². The number of amides is 2. The van der Waals surface area contributed by atoms with Crippen LogP contribution in [-0.2, 0) is 24.3 Å². The van der Waals surface area contributed by atoms with Gasteiger partial charge in [0.15, 0.2) is 0 Å². The summed E-state index contributed by atoms with van der Waals surface area (Å²) < 4.78 is 33.7. The summed E-state index contributed by atoms with van der Waals surface area (Å²) in [4.78, 5) is 26.1. The van der Waals surface area contributed by atoms with E-state index in [1.54, 1.807) is 4.90 Å². The summed E-state index contributed by atoms with van der Waals surface area (Å²) in [6.07, 6.45) is 2.49. The van der Waals surface area contributed by atoms with Gasteiger partial charge in [-0.2, -0.15) is 0 Å². The highest BCUT2D eigenvalue weighted by Crippen LogP contribution is 2.35. The average molecular weight is 504 g/mol. The Balaban J connectivity index is 0.000000840. The first-order valence-corrected chi connectivity index (χ1v) is 12.1. The largest absolute Gasteiger partial charge is 0.487 e. The lowest BCUT2D eigenvalue weighted by molar-refractivity contribution is -0.134. The van der Waals surface area contributed by atoms with E-state index in [1.807, 2.05) is 18.2 Å². The molecule has 4 rings (SSSR count). The molecule has 0 radical (unpaired) electrons. The van der Waals surface area contributed by atoms with Crippen molar-refractivity contribution in [3.8, 4) is 5.75 Å². The topological polar surface area (TPSA) is 82.1 Å². The molecule has 9 heteroatoms. The molecular formula is C27H35F2N3O4. The quantitative estimate of drug-likeness (QED) is 0.625. The van der Waals surface area contributed by atoms with Crippen LogP contribution in [-0.4, -0.2) is 58.7 Å². The molecule has 0 aromatic heterocycles. The van der Waals surface area contributed by atoms with Crippen molar-refractivity contribution in [3.63, 3.8) is 0 Å². The summed E-state index contributed by atoms with van der Waals surface area (Å²) in [6.45, 7) is 7.40. The summed E-state index contributed by atoms with van der Waals surface area (Å²) in [5.41, 5.74) is 2.22. The summed E-state index contributed by atoms with van der Waals surface area (Å²) in [6, 6.07) is 9.30. The molecule has 2 heterocycles. The summed E-state index contributed by atoms with van der Waals surface area (Å²) in [5, 5.41) is 10.4. The molecule has 0 bridgehead atoms. The summed E-state index contributed by atoms with van der Waals surface area (Å²) >= 11 is 0. The van der Waals surface area contributed by atoms with Gasteiger partial charge in [0.1, 0.15) is 23.0 Å². The number of nitrogens with one attached hydrogen (secondary N) is 1. The fourth-order valence-corrected chi connectivity index (χ4v) is 4.53. The number of fused-ring (bicyclic) bond motifs is 1. The number of nitrogens with zero attached hydrogens (tertiary/aromatic N) is 2. The molecule has 0 atom stereocenters. The molecule has 2 aliphatic rings. The molecule has 0 spiro atoms. The third-order valence-electron chi connectivity index (χ3n) is 6.32. The van der Waals surface area contributed by atoms with Crippen LogP contribution in [0.25, 0.3) is 0 Å². The van der Waals surface area contributed by atoms with Crippen LogP contribution in [0.15, 0.2) is 36.4 Å². The minimum Gasteiger partial charge on any atom is -0.487 e. The Bertz CT molecular complexity index is 1080. The van der Waals surface area contributed by atoms with Gasteiger partial charge in [-0.05, 0) is 70.1 Å². The van der Waals surface area contributed by atoms with Crippen LogP contribution in [0.4, 0.5) is 13.6 Å². The number of piperidine rings is 1. The smallest absolute Gasteiger partial charge is 0.318 e. The van der Waals surface area contributed by atoms with Crippen molar-refractivity contribution in [2.75, 3.05) is 20.1 Å². The third-order valence-corrected chi connectivity index (χ3v) is 6.32. The average Bonchev–Trinajstić information content (AvgIpc) is 3.10. The van der Waals surface area contributed by atoms with E-state index >= 15 is 0 Å². The van der Waals surface area contributed by atoms with E-state index in [0.29, 0.717) is 12.1 Å². The minimum atomic E-state index is -0.833. The Kier molecular flexibility index (Phi) is 8.89. The molecule has 196 valence electrons. The Morgan fingerprint density at radius 1 is 1.17 bits per heavy atom. The lowest BCUT2D eigenvalue weighted by Crippen LogP contribution is -2.49. The fourth-order valence-electron chi connectivity index (χ4n) is 4.53. The number of benzene rings is 2. The number of ether oxygens (including phenoxy) is 1. The second-order valence-electron chi connectivity index (χ2n) is 10.1. The number of carboxylic acid groups (broad SMARTS) is 1. The van der Waals surface area contributed by atoms with E-state index in [0.717, 1.165) is 56.7 Å². The minimum absolute atomic E-state index is 0.000179. The van der Waals surface area contributed by atoms with Gasteiger partial charge in [-0.25, -0.2) is 13.6 Å². The normalized spacial score (nSPS) is 16.8. The van der Waals surface area contributed by atoms with Crippen LogP contribution in [0.2, 0.25) is 0 Å². The van der Waals surface area contributed by atoms with Crippen molar-refractivity contribution in [1.29, 1.82) is 0 Å². The van der Waals surface area contributed by atoms with E-state index < -0.39 is 17.6 Å². The number of carbonyl (C=O) groups is 2. The highest BCUT2D eigenvalue weighted by atomic mass is 19.1. The van der Waals surface area contributed by atoms with Crippen molar-refractivity contribution in [2.24, 2.45) is 0 Å². The van der Waals surface area contributed by atoms with Crippen LogP contribution in [0.5, 0.6) is 5.75 Å². The van der Waals surface area contributed by atoms with Gasteiger partial charge in [-0.1, -0.05) is 18.2 Å². The molecule has 2 N–H and O–H groups in total. The van der Waals surface area contributed by atoms with Gasteiger partial charge < -0.3 is 25.0 Å². The van der Waals surface area contributed by atoms with E-state index in [1.165, 1.54) is 17.7 Å². The van der Waals surface area contributed by atoms with E-state index in [-0.39, 0.29) is 24.2 Å². The number of carbonyl (C=O) groups excluding carboxylic acids is 1. The van der Waals surface area contributed by atoms with Gasteiger partial charge >= 0.3 is 6.03 Å². The molecular weight excluding hydrogens is 468 g/mol. The standard InChI is InChI=1S/C25H31F2N3O2.C2H4O2/c1-25(2)14-18-5-4-17(12-23(18)32-25)15-28-24(31)30(21-8-10-29(3)11-9-21)16-19-6-7-20(26)13-22(19)27;1-2(3)4/h4-7,12-13,21H,8-11,14-16H2,1-3H3,(H,28,31);1H3,(H,3,4). The summed E-state index contributed by atoms with van der Waals surface area (Å²) in [5.74, 6) is -1.22. The highest BCUT2D eigenvalue weighted by molar-refractivity contribution is 5.74. The number of hydrogen-bond donors (Lipinski definition) is 2. The van der Waals surface area contributed by atoms with Gasteiger partial charge in [-0.3, -0.25) is 4.79 Å². The van der Waals surface area contributed by atoms with Crippen LogP contribution >= 0.6 is 0 Å². The first kappa shape index (κ1) is 27.4. The number of halogens is 2. The van der Waals surface area contributed by atoms with Crippen LogP contribution < -0.4 is 10.1 Å². The second-order valence-corrected chi connectivity index (χ2v) is 10.1. The van der Waals surface area contributed by atoms with Crippen LogP contribution in [0.3, 0.4) is 0 Å². The van der Waals surface area contributed by atoms with E-state index in [9.17, 15) is 13.6 Å². The molecule has 7 nitrogen and oxygen atoms in total. The van der Waals surface area contributed by atoms with Crippen molar-refractivity contribution in [3.05, 3.63) is 64.7 Å². The zero-order chi connectivity index (χ0) is 26.5. The molecule has 0 aliphatic carbocycles. The predicted octanol–water partition coefficient (Wildman–Crippen LogP) is 4.58. The SMILES string of the molecule is CC(=O)O.CN1CCC(N(Cc2ccc(F)cc2F)C(=O)NCc2ccc3c(c2)OC(C)(C)C3)CC1. The van der Waals surface area contributed by atoms with Crippen molar-refractivity contribution in [1.82, 2.24) is 15.1 Å². The van der Waals surface area contributed by atoms with Crippen LogP contribution in [0.1, 0.15) is 50.3 Å². The highest BCUT2D eigenvalue weighted by Gasteiger charge is 2.30. The second kappa shape index (κ2) is 11.7. The number of likely N-dealkylation sites (tertiary alicyclic amines) is 1. The lowest BCUT2D eigenvalue weighted by Gasteiger charge is -2.37. The number of hydrogen-bond acceptors (Lipinski definition) is 4. The van der Waals surface area contributed by atoms with Gasteiger partial charge in [0.25, 0.3) is 5.97 Å². The van der Waals surface area contributed by atoms with Gasteiger partial charge in [-0.15, -0.1) is 0 Å². The summed E-state index contributed by atoms with van der Waals surface area (Å²) in [7, 11) is 2.05. The first-order chi connectivity index (χ1) is 16.9. The first-order valence-electron chi connectivity index (χ1n) is 12.1. The Morgan fingerprint density at radius 3 is 2.47 bits per heavy atom. The molecule has 2 aliphatic heterocycles.